The standard InChI is InChI=1S/C36H22/c1-5-15-27-23(11-1)24-12-2-6-16-28(24)32-20-10-22-34-30-18-8-4-14-26(30)25-13-3-7-17-29(25)33-21-9-19-31(27)35(33)36(32)34/h1-22H. The average molecular weight is 455 g/mol. The second kappa shape index (κ2) is 7.41. The second-order valence-corrected chi connectivity index (χ2v) is 9.64. The molecule has 0 radical (unpaired) electrons. The lowest BCUT2D eigenvalue weighted by atomic mass is 9.84. The molecule has 2 aliphatic rings. The number of fused-ring (bicyclic) bond motifs is 10. The highest BCUT2D eigenvalue weighted by Gasteiger charge is 2.18. The molecule has 6 aromatic rings. The van der Waals surface area contributed by atoms with Crippen molar-refractivity contribution in [2.75, 3.05) is 0 Å². The van der Waals surface area contributed by atoms with Crippen LogP contribution in [0.5, 0.6) is 0 Å². The van der Waals surface area contributed by atoms with Crippen molar-refractivity contribution >= 4 is 64.6 Å². The first kappa shape index (κ1) is 19.6. The molecular weight excluding hydrogens is 432 g/mol. The zero-order chi connectivity index (χ0) is 23.6. The number of hydrogen-bond acceptors (Lipinski definition) is 0. The summed E-state index contributed by atoms with van der Waals surface area (Å²) in [6.45, 7) is 0. The quantitative estimate of drug-likeness (QED) is 0.214. The van der Waals surface area contributed by atoms with Gasteiger partial charge >= 0.3 is 0 Å². The van der Waals surface area contributed by atoms with Gasteiger partial charge < -0.3 is 0 Å². The normalized spacial score (nSPS) is 11.9. The Morgan fingerprint density at radius 1 is 0.167 bits per heavy atom. The SMILES string of the molecule is c1cc2c3c(c1)c1ccccc1c1ccccc1c1cccc(c1-3)c1ccccc1c1ccccc21. The molecule has 0 bridgehead atoms. The predicted octanol–water partition coefficient (Wildman–Crippen LogP) is 10.3. The zero-order valence-corrected chi connectivity index (χ0v) is 19.7. The van der Waals surface area contributed by atoms with Gasteiger partial charge in [-0.1, -0.05) is 133 Å². The van der Waals surface area contributed by atoms with Crippen LogP contribution in [0, 0.1) is 0 Å². The zero-order valence-electron chi connectivity index (χ0n) is 19.7. The van der Waals surface area contributed by atoms with Crippen molar-refractivity contribution in [3.05, 3.63) is 133 Å². The number of hydrogen-bond donors (Lipinski definition) is 0. The Labute approximate surface area is 209 Å². The Hall–Kier alpha value is -4.68. The molecule has 0 spiro atoms. The first-order chi connectivity index (χ1) is 17.9. The van der Waals surface area contributed by atoms with Crippen molar-refractivity contribution in [3.8, 4) is 11.1 Å². The third-order valence-electron chi connectivity index (χ3n) is 7.83. The minimum Gasteiger partial charge on any atom is -0.0616 e. The van der Waals surface area contributed by atoms with Gasteiger partial charge in [0.2, 0.25) is 0 Å². The minimum atomic E-state index is 1.29. The maximum atomic E-state index is 2.31. The maximum Gasteiger partial charge on any atom is -0.00139 e. The highest BCUT2D eigenvalue weighted by Crippen LogP contribution is 2.46. The summed E-state index contributed by atoms with van der Waals surface area (Å²) < 4.78 is 0. The van der Waals surface area contributed by atoms with Gasteiger partial charge in [-0.05, 0) is 75.8 Å². The molecule has 0 nitrogen and oxygen atoms in total. The monoisotopic (exact) mass is 454 g/mol. The van der Waals surface area contributed by atoms with Gasteiger partial charge in [-0.2, -0.15) is 0 Å². The van der Waals surface area contributed by atoms with Gasteiger partial charge in [0.25, 0.3) is 0 Å². The van der Waals surface area contributed by atoms with E-state index in [1.807, 2.05) is 0 Å². The molecule has 0 unspecified atom stereocenters. The van der Waals surface area contributed by atoms with E-state index in [4.69, 9.17) is 0 Å². The Kier molecular flexibility index (Phi) is 4.03. The van der Waals surface area contributed by atoms with Crippen molar-refractivity contribution in [2.45, 2.75) is 0 Å². The lowest BCUT2D eigenvalue weighted by Gasteiger charge is -2.19. The fourth-order valence-corrected chi connectivity index (χ4v) is 6.35. The van der Waals surface area contributed by atoms with E-state index in [0.717, 1.165) is 0 Å². The molecule has 0 atom stereocenters. The predicted molar refractivity (Wildman–Crippen MR) is 157 cm³/mol. The molecule has 0 heterocycles. The van der Waals surface area contributed by atoms with Gasteiger partial charge in [-0.25, -0.2) is 0 Å². The van der Waals surface area contributed by atoms with Crippen molar-refractivity contribution in [1.82, 2.24) is 0 Å². The fourth-order valence-electron chi connectivity index (χ4n) is 6.35. The molecule has 36 heavy (non-hydrogen) atoms. The maximum absolute atomic E-state index is 2.31. The van der Waals surface area contributed by atoms with Crippen LogP contribution in [-0.2, 0) is 0 Å². The van der Waals surface area contributed by atoms with Crippen LogP contribution < -0.4 is 0 Å². The Morgan fingerprint density at radius 3 is 0.556 bits per heavy atom. The highest BCUT2D eigenvalue weighted by molar-refractivity contribution is 6.31. The third kappa shape index (κ3) is 2.59. The van der Waals surface area contributed by atoms with Crippen LogP contribution in [-0.4, -0.2) is 0 Å². The molecule has 0 saturated heterocycles. The van der Waals surface area contributed by atoms with Crippen LogP contribution in [0.1, 0.15) is 0 Å². The van der Waals surface area contributed by atoms with Crippen LogP contribution in [0.3, 0.4) is 0 Å². The molecular formula is C36H22. The van der Waals surface area contributed by atoms with E-state index in [1.54, 1.807) is 0 Å². The first-order valence-electron chi connectivity index (χ1n) is 12.5. The summed E-state index contributed by atoms with van der Waals surface area (Å²) in [7, 11) is 0. The van der Waals surface area contributed by atoms with Crippen molar-refractivity contribution < 1.29 is 0 Å². The molecule has 0 heteroatoms. The second-order valence-electron chi connectivity index (χ2n) is 9.64. The fraction of sp³-hybridized carbons (Fsp3) is 0. The molecule has 2 aliphatic carbocycles. The van der Waals surface area contributed by atoms with Crippen LogP contribution >= 0.6 is 0 Å². The van der Waals surface area contributed by atoms with Gasteiger partial charge in [0.1, 0.15) is 0 Å². The largest absolute Gasteiger partial charge is 0.0616 e. The highest BCUT2D eigenvalue weighted by atomic mass is 14.2. The Balaban J connectivity index is 1.89. The molecule has 6 aromatic carbocycles. The summed E-state index contributed by atoms with van der Waals surface area (Å²) >= 11 is 0. The third-order valence-corrected chi connectivity index (χ3v) is 7.83. The lowest BCUT2D eigenvalue weighted by Crippen LogP contribution is -1.91. The Bertz CT molecular complexity index is 1840. The van der Waals surface area contributed by atoms with Crippen molar-refractivity contribution in [1.29, 1.82) is 0 Å². The van der Waals surface area contributed by atoms with Crippen LogP contribution in [0.15, 0.2) is 133 Å². The van der Waals surface area contributed by atoms with Gasteiger partial charge in [0, 0.05) is 0 Å². The van der Waals surface area contributed by atoms with Gasteiger partial charge in [0.05, 0.1) is 0 Å². The first-order valence-corrected chi connectivity index (χ1v) is 12.5. The molecule has 0 N–H and O–H groups in total. The van der Waals surface area contributed by atoms with Crippen molar-refractivity contribution in [2.24, 2.45) is 0 Å². The minimum absolute atomic E-state index is 1.29. The molecule has 0 aliphatic heterocycles. The van der Waals surface area contributed by atoms with Crippen LogP contribution in [0.4, 0.5) is 0 Å². The van der Waals surface area contributed by atoms with E-state index in [-0.39, 0.29) is 0 Å². The van der Waals surface area contributed by atoms with Crippen LogP contribution in [0.2, 0.25) is 0 Å². The summed E-state index contributed by atoms with van der Waals surface area (Å²) in [6.07, 6.45) is 0. The molecule has 0 fully saturated rings. The van der Waals surface area contributed by atoms with E-state index in [1.165, 1.54) is 75.8 Å². The average Bonchev–Trinajstić information content (AvgIpc) is 2.95. The van der Waals surface area contributed by atoms with E-state index in [0.29, 0.717) is 0 Å². The van der Waals surface area contributed by atoms with E-state index in [2.05, 4.69) is 133 Å². The number of benzene rings is 6. The Morgan fingerprint density at radius 2 is 0.333 bits per heavy atom. The van der Waals surface area contributed by atoms with Crippen molar-refractivity contribution in [3.63, 3.8) is 0 Å². The molecule has 0 saturated carbocycles. The van der Waals surface area contributed by atoms with Gasteiger partial charge in [0.15, 0.2) is 0 Å². The molecule has 8 rings (SSSR count). The van der Waals surface area contributed by atoms with E-state index in [9.17, 15) is 0 Å². The smallest absolute Gasteiger partial charge is 0.00139 e. The summed E-state index contributed by atoms with van der Waals surface area (Å²) in [5.41, 5.74) is 2.65. The molecule has 0 amide bonds. The van der Waals surface area contributed by atoms with Gasteiger partial charge in [-0.15, -0.1) is 0 Å². The lowest BCUT2D eigenvalue weighted by molar-refractivity contribution is 1.74. The summed E-state index contributed by atoms with van der Waals surface area (Å²) in [5, 5.41) is 15.5. The van der Waals surface area contributed by atoms with Crippen LogP contribution in [0.25, 0.3) is 75.8 Å². The summed E-state index contributed by atoms with van der Waals surface area (Å²) in [6, 6.07) is 49.2. The van der Waals surface area contributed by atoms with E-state index >= 15 is 0 Å². The number of rotatable bonds is 0. The topological polar surface area (TPSA) is 0 Å². The van der Waals surface area contributed by atoms with E-state index < -0.39 is 0 Å². The van der Waals surface area contributed by atoms with Gasteiger partial charge in [-0.3, -0.25) is 0 Å². The summed E-state index contributed by atoms with van der Waals surface area (Å²) in [5.74, 6) is 0. The molecule has 166 valence electrons. The summed E-state index contributed by atoms with van der Waals surface area (Å²) in [4.78, 5) is 0. The molecule has 0 aromatic heterocycles.